The molecule has 0 aromatic carbocycles. The molecule has 4 N–H and O–H groups in total. The van der Waals surface area contributed by atoms with Gasteiger partial charge in [0.2, 0.25) is 0 Å². The van der Waals surface area contributed by atoms with Crippen molar-refractivity contribution >= 4 is 51.7 Å². The first-order valence-corrected chi connectivity index (χ1v) is 12.6. The summed E-state index contributed by atoms with van der Waals surface area (Å²) in [7, 11) is 0. The summed E-state index contributed by atoms with van der Waals surface area (Å²) in [6.07, 6.45) is 2.08. The number of aromatic nitrogens is 2. The SMILES string of the molecule is Nc1nc(C(=NOC(F)F)C(=O)NC2C(=O)N3C(C(=O)[O-])=C(C[n+]4ccccc4CCO)CS[C@H]23)cs1. The molecule has 4 heterocycles. The van der Waals surface area contributed by atoms with E-state index in [1.165, 1.54) is 17.1 Å². The molecular formula is C21H20F2N6O6S2. The van der Waals surface area contributed by atoms with Crippen LogP contribution >= 0.6 is 23.1 Å². The van der Waals surface area contributed by atoms with Gasteiger partial charge < -0.3 is 30.9 Å². The summed E-state index contributed by atoms with van der Waals surface area (Å²) in [5, 5.41) is 27.5. The van der Waals surface area contributed by atoms with Crippen molar-refractivity contribution in [3.63, 3.8) is 0 Å². The smallest absolute Gasteiger partial charge is 0.407 e. The summed E-state index contributed by atoms with van der Waals surface area (Å²) in [5.74, 6) is -3.09. The molecule has 1 saturated heterocycles. The van der Waals surface area contributed by atoms with Crippen LogP contribution in [0, 0.1) is 0 Å². The number of hydrogen-bond donors (Lipinski definition) is 3. The van der Waals surface area contributed by atoms with Gasteiger partial charge >= 0.3 is 6.61 Å². The van der Waals surface area contributed by atoms with Crippen LogP contribution in [0.1, 0.15) is 11.4 Å². The molecule has 2 aromatic rings. The minimum atomic E-state index is -3.30. The summed E-state index contributed by atoms with van der Waals surface area (Å²) >= 11 is 2.16. The number of alkyl halides is 2. The topological polar surface area (TPSA) is 174 Å². The second kappa shape index (κ2) is 11.2. The number of pyridine rings is 1. The maximum atomic E-state index is 13.0. The Bertz CT molecular complexity index is 1290. The molecular weight excluding hydrogens is 534 g/mol. The molecule has 2 amide bonds. The number of β-lactam (4-membered cyclic amide) rings is 1. The van der Waals surface area contributed by atoms with Gasteiger partial charge in [0.1, 0.15) is 17.1 Å². The van der Waals surface area contributed by atoms with Gasteiger partial charge in [-0.1, -0.05) is 11.2 Å². The largest absolute Gasteiger partial charge is 0.543 e. The first-order chi connectivity index (χ1) is 17.7. The van der Waals surface area contributed by atoms with E-state index in [1.54, 1.807) is 29.0 Å². The number of aliphatic hydroxyl groups is 1. The molecule has 0 spiro atoms. The van der Waals surface area contributed by atoms with Crippen molar-refractivity contribution in [2.24, 2.45) is 5.16 Å². The Balaban J connectivity index is 1.55. The Hall–Kier alpha value is -3.63. The van der Waals surface area contributed by atoms with Crippen LogP contribution in [0.4, 0.5) is 13.9 Å². The Morgan fingerprint density at radius 2 is 2.22 bits per heavy atom. The van der Waals surface area contributed by atoms with Crippen LogP contribution in [-0.4, -0.2) is 68.9 Å². The lowest BCUT2D eigenvalue weighted by Crippen LogP contribution is -2.71. The lowest BCUT2D eigenvalue weighted by atomic mass is 10.0. The third kappa shape index (κ3) is 5.55. The molecule has 0 aliphatic carbocycles. The van der Waals surface area contributed by atoms with Gasteiger partial charge in [0.05, 0.1) is 24.7 Å². The number of carboxylic acid groups (broad SMARTS) is 1. The number of carboxylic acids is 1. The first-order valence-electron chi connectivity index (χ1n) is 10.7. The van der Waals surface area contributed by atoms with Gasteiger partial charge in [-0.2, -0.15) is 13.3 Å². The summed E-state index contributed by atoms with van der Waals surface area (Å²) in [5.41, 5.74) is 5.69. The van der Waals surface area contributed by atoms with Crippen LogP contribution in [0.15, 0.2) is 46.2 Å². The van der Waals surface area contributed by atoms with Gasteiger partial charge in [-0.25, -0.2) is 4.98 Å². The Morgan fingerprint density at radius 1 is 1.43 bits per heavy atom. The normalized spacial score (nSPS) is 19.5. The number of hydrogen-bond acceptors (Lipinski definition) is 11. The van der Waals surface area contributed by atoms with E-state index in [2.05, 4.69) is 20.3 Å². The summed E-state index contributed by atoms with van der Waals surface area (Å²) in [6, 6.07) is 4.18. The molecule has 0 saturated carbocycles. The van der Waals surface area contributed by atoms with Crippen molar-refractivity contribution in [1.82, 2.24) is 15.2 Å². The van der Waals surface area contributed by atoms with Crippen molar-refractivity contribution in [1.29, 1.82) is 0 Å². The van der Waals surface area contributed by atoms with Gasteiger partial charge in [0.25, 0.3) is 11.8 Å². The fraction of sp³-hybridized carbons (Fsp3) is 0.333. The molecule has 37 heavy (non-hydrogen) atoms. The van der Waals surface area contributed by atoms with Gasteiger partial charge in [0.15, 0.2) is 29.3 Å². The highest BCUT2D eigenvalue weighted by Crippen LogP contribution is 2.40. The number of thioether (sulfide) groups is 1. The molecule has 2 aliphatic rings. The fourth-order valence-corrected chi connectivity index (χ4v) is 5.79. The molecule has 4 rings (SSSR count). The fourth-order valence-electron chi connectivity index (χ4n) is 3.91. The predicted molar refractivity (Wildman–Crippen MR) is 125 cm³/mol. The Kier molecular flexibility index (Phi) is 7.99. The molecule has 2 atom stereocenters. The maximum absolute atomic E-state index is 13.0. The highest BCUT2D eigenvalue weighted by Gasteiger charge is 2.53. The number of oxime groups is 1. The Labute approximate surface area is 216 Å². The second-order valence-corrected chi connectivity index (χ2v) is 9.77. The van der Waals surface area contributed by atoms with Crippen LogP contribution < -0.4 is 20.7 Å². The number of aliphatic carboxylic acids is 1. The standard InChI is InChI=1S/C21H20F2N6O6S2/c22-20(23)35-27-13(12-9-37-21(24)25-12)16(31)26-14-17(32)29-15(19(33)34)10(8-36-18(14)29)7-28-5-2-1-3-11(28)4-6-30/h1-3,5,9,14,18,20,30H,4,6-8H2,(H3-,24,25,26,31,33,34)/t14?,18-/m1/s1. The van der Waals surface area contributed by atoms with Gasteiger partial charge in [0, 0.05) is 28.8 Å². The number of carbonyl (C=O) groups is 3. The van der Waals surface area contributed by atoms with E-state index in [0.29, 0.717) is 12.0 Å². The number of nitrogens with one attached hydrogen (secondary N) is 1. The van der Waals surface area contributed by atoms with Crippen molar-refractivity contribution in [3.8, 4) is 0 Å². The zero-order valence-electron chi connectivity index (χ0n) is 18.9. The molecule has 1 unspecified atom stereocenters. The Morgan fingerprint density at radius 3 is 2.86 bits per heavy atom. The number of rotatable bonds is 10. The van der Waals surface area contributed by atoms with E-state index in [0.717, 1.165) is 21.9 Å². The van der Waals surface area contributed by atoms with E-state index in [-0.39, 0.29) is 35.4 Å². The number of thiazole rings is 1. The van der Waals surface area contributed by atoms with E-state index in [1.807, 2.05) is 0 Å². The van der Waals surface area contributed by atoms with Crippen LogP contribution in [0.2, 0.25) is 0 Å². The minimum absolute atomic E-state index is 0.0518. The van der Waals surface area contributed by atoms with Gasteiger partial charge in [-0.3, -0.25) is 14.5 Å². The second-order valence-electron chi connectivity index (χ2n) is 7.77. The number of carbonyl (C=O) groups excluding carboxylic acids is 3. The third-order valence-corrected chi connectivity index (χ3v) is 7.51. The summed E-state index contributed by atoms with van der Waals surface area (Å²) in [6.45, 7) is -3.25. The first kappa shape index (κ1) is 26.4. The van der Waals surface area contributed by atoms with E-state index >= 15 is 0 Å². The van der Waals surface area contributed by atoms with Crippen LogP contribution in [0.3, 0.4) is 0 Å². The van der Waals surface area contributed by atoms with Crippen molar-refractivity contribution < 1.29 is 42.8 Å². The molecule has 196 valence electrons. The van der Waals surface area contributed by atoms with Crippen molar-refractivity contribution in [2.45, 2.75) is 31.0 Å². The zero-order valence-corrected chi connectivity index (χ0v) is 20.5. The predicted octanol–water partition coefficient (Wildman–Crippen LogP) is -1.40. The molecule has 2 aromatic heterocycles. The molecule has 12 nitrogen and oxygen atoms in total. The lowest BCUT2D eigenvalue weighted by molar-refractivity contribution is -0.696. The number of nitrogen functional groups attached to an aromatic ring is 1. The van der Waals surface area contributed by atoms with Gasteiger partial charge in [-0.15, -0.1) is 23.1 Å². The van der Waals surface area contributed by atoms with Crippen LogP contribution in [0.25, 0.3) is 0 Å². The zero-order chi connectivity index (χ0) is 26.7. The number of halogens is 2. The lowest BCUT2D eigenvalue weighted by Gasteiger charge is -2.50. The number of nitrogens with zero attached hydrogens (tertiary/aromatic N) is 4. The van der Waals surface area contributed by atoms with Crippen LogP contribution in [-0.2, 0) is 32.2 Å². The van der Waals surface area contributed by atoms with E-state index in [9.17, 15) is 33.4 Å². The molecule has 0 radical (unpaired) electrons. The highest BCUT2D eigenvalue weighted by atomic mass is 32.2. The van der Waals surface area contributed by atoms with Crippen molar-refractivity contribution in [2.75, 3.05) is 18.1 Å². The number of anilines is 1. The van der Waals surface area contributed by atoms with Crippen molar-refractivity contribution in [3.05, 3.63) is 52.4 Å². The van der Waals surface area contributed by atoms with Crippen LogP contribution in [0.5, 0.6) is 0 Å². The minimum Gasteiger partial charge on any atom is -0.543 e. The molecule has 0 bridgehead atoms. The average molecular weight is 555 g/mol. The van der Waals surface area contributed by atoms with E-state index in [4.69, 9.17) is 5.73 Å². The quantitative estimate of drug-likeness (QED) is 0.138. The average Bonchev–Trinajstić information content (AvgIpc) is 3.29. The summed E-state index contributed by atoms with van der Waals surface area (Å²) < 4.78 is 26.8. The highest BCUT2D eigenvalue weighted by molar-refractivity contribution is 8.00. The summed E-state index contributed by atoms with van der Waals surface area (Å²) in [4.78, 5) is 46.6. The monoisotopic (exact) mass is 554 g/mol. The molecule has 1 fully saturated rings. The molecule has 2 aliphatic heterocycles. The maximum Gasteiger partial charge on any atom is 0.407 e. The molecule has 16 heteroatoms. The third-order valence-electron chi connectivity index (χ3n) is 5.49. The van der Waals surface area contributed by atoms with E-state index < -0.39 is 41.5 Å². The van der Waals surface area contributed by atoms with Gasteiger partial charge in [-0.05, 0) is 0 Å². The number of nitrogens with two attached hydrogens (primary N) is 1. The number of aliphatic hydroxyl groups excluding tert-OH is 1. The number of amides is 2. The number of fused-ring (bicyclic) bond motifs is 1.